The molecular formula is C14H20N2O2. The second-order valence-corrected chi connectivity index (χ2v) is 4.57. The molecule has 1 atom stereocenters. The first-order valence-electron chi connectivity index (χ1n) is 6.32. The number of anilines is 1. The van der Waals surface area contributed by atoms with Crippen molar-refractivity contribution in [2.24, 2.45) is 0 Å². The van der Waals surface area contributed by atoms with E-state index in [1.54, 1.807) is 12.0 Å². The average molecular weight is 248 g/mol. The van der Waals surface area contributed by atoms with Crippen LogP contribution in [0.1, 0.15) is 24.4 Å². The zero-order valence-electron chi connectivity index (χ0n) is 11.0. The van der Waals surface area contributed by atoms with E-state index >= 15 is 0 Å². The second-order valence-electron chi connectivity index (χ2n) is 4.57. The lowest BCUT2D eigenvalue weighted by atomic mass is 9.96. The van der Waals surface area contributed by atoms with Gasteiger partial charge in [-0.1, -0.05) is 18.2 Å². The fraction of sp³-hybridized carbons (Fsp3) is 0.500. The van der Waals surface area contributed by atoms with E-state index in [-0.39, 0.29) is 11.9 Å². The summed E-state index contributed by atoms with van der Waals surface area (Å²) in [6.45, 7) is 1.61. The first-order valence-corrected chi connectivity index (χ1v) is 6.32. The Morgan fingerprint density at radius 3 is 3.00 bits per heavy atom. The Morgan fingerprint density at radius 2 is 2.22 bits per heavy atom. The molecule has 0 saturated heterocycles. The summed E-state index contributed by atoms with van der Waals surface area (Å²) < 4.78 is 5.02. The molecule has 1 aliphatic rings. The van der Waals surface area contributed by atoms with E-state index in [9.17, 15) is 4.79 Å². The molecule has 0 saturated carbocycles. The van der Waals surface area contributed by atoms with Crippen LogP contribution in [0.2, 0.25) is 0 Å². The van der Waals surface area contributed by atoms with Gasteiger partial charge in [0.05, 0.1) is 0 Å². The lowest BCUT2D eigenvalue weighted by molar-refractivity contribution is -0.119. The van der Waals surface area contributed by atoms with Gasteiger partial charge in [-0.15, -0.1) is 0 Å². The second kappa shape index (κ2) is 5.98. The van der Waals surface area contributed by atoms with Crippen LogP contribution in [0.25, 0.3) is 0 Å². The highest BCUT2D eigenvalue weighted by Crippen LogP contribution is 2.33. The number of methoxy groups -OCH3 is 1. The maximum atomic E-state index is 11.9. The Balaban J connectivity index is 2.07. The summed E-state index contributed by atoms with van der Waals surface area (Å²) in [5, 5.41) is 3.44. The normalized spacial score (nSPS) is 18.9. The van der Waals surface area contributed by atoms with Gasteiger partial charge in [0.2, 0.25) is 5.91 Å². The van der Waals surface area contributed by atoms with E-state index in [1.807, 2.05) is 25.2 Å². The summed E-state index contributed by atoms with van der Waals surface area (Å²) in [5.74, 6) is 0.165. The van der Waals surface area contributed by atoms with Gasteiger partial charge in [0.15, 0.2) is 0 Å². The third kappa shape index (κ3) is 2.71. The van der Waals surface area contributed by atoms with Gasteiger partial charge in [0, 0.05) is 38.9 Å². The molecule has 1 unspecified atom stereocenters. The molecule has 1 amide bonds. The van der Waals surface area contributed by atoms with Crippen molar-refractivity contribution < 1.29 is 9.53 Å². The van der Waals surface area contributed by atoms with Crippen LogP contribution in [0.15, 0.2) is 24.3 Å². The molecule has 0 aliphatic carbocycles. The van der Waals surface area contributed by atoms with E-state index in [4.69, 9.17) is 4.74 Å². The van der Waals surface area contributed by atoms with E-state index < -0.39 is 0 Å². The minimum Gasteiger partial charge on any atom is -0.385 e. The SMILES string of the molecule is COCCCNC1CC(=O)N(C)c2ccccc21. The van der Waals surface area contributed by atoms with Crippen molar-refractivity contribution in [3.8, 4) is 0 Å². The number of nitrogens with one attached hydrogen (secondary N) is 1. The molecule has 0 fully saturated rings. The molecule has 0 spiro atoms. The van der Waals surface area contributed by atoms with Crippen molar-refractivity contribution in [2.45, 2.75) is 18.9 Å². The number of fused-ring (bicyclic) bond motifs is 1. The van der Waals surface area contributed by atoms with E-state index in [2.05, 4.69) is 11.4 Å². The maximum Gasteiger partial charge on any atom is 0.228 e. The van der Waals surface area contributed by atoms with Crippen LogP contribution in [0.3, 0.4) is 0 Å². The number of nitrogens with zero attached hydrogens (tertiary/aromatic N) is 1. The largest absolute Gasteiger partial charge is 0.385 e. The molecule has 0 aromatic heterocycles. The van der Waals surface area contributed by atoms with Crippen LogP contribution in [0.5, 0.6) is 0 Å². The molecule has 0 radical (unpaired) electrons. The van der Waals surface area contributed by atoms with Crippen molar-refractivity contribution in [3.63, 3.8) is 0 Å². The quantitative estimate of drug-likeness (QED) is 0.807. The Kier molecular flexibility index (Phi) is 4.33. The van der Waals surface area contributed by atoms with Crippen molar-refractivity contribution in [2.75, 3.05) is 32.2 Å². The number of hydrogen-bond acceptors (Lipinski definition) is 3. The zero-order chi connectivity index (χ0) is 13.0. The van der Waals surface area contributed by atoms with E-state index in [0.717, 1.165) is 25.3 Å². The molecule has 4 heteroatoms. The minimum absolute atomic E-state index is 0.127. The van der Waals surface area contributed by atoms with E-state index in [0.29, 0.717) is 6.42 Å². The molecule has 4 nitrogen and oxygen atoms in total. The smallest absolute Gasteiger partial charge is 0.228 e. The van der Waals surface area contributed by atoms with Crippen LogP contribution in [0, 0.1) is 0 Å². The molecule has 0 bridgehead atoms. The standard InChI is InChI=1S/C14H20N2O2/c1-16-13-7-4-3-6-11(13)12(10-14(16)17)15-8-5-9-18-2/h3-4,6-7,12,15H,5,8-10H2,1-2H3. The first kappa shape index (κ1) is 13.1. The highest BCUT2D eigenvalue weighted by Gasteiger charge is 2.28. The third-order valence-electron chi connectivity index (χ3n) is 3.34. The van der Waals surface area contributed by atoms with Crippen molar-refractivity contribution in [1.29, 1.82) is 0 Å². The fourth-order valence-electron chi connectivity index (χ4n) is 2.32. The van der Waals surface area contributed by atoms with Crippen LogP contribution in [-0.2, 0) is 9.53 Å². The van der Waals surface area contributed by atoms with E-state index in [1.165, 1.54) is 5.56 Å². The predicted octanol–water partition coefficient (Wildman–Crippen LogP) is 1.72. The minimum atomic E-state index is 0.127. The number of amides is 1. The summed E-state index contributed by atoms with van der Waals surface area (Å²) in [6.07, 6.45) is 1.49. The van der Waals surface area contributed by atoms with Crippen LogP contribution < -0.4 is 10.2 Å². The van der Waals surface area contributed by atoms with Crippen molar-refractivity contribution >= 4 is 11.6 Å². The highest BCUT2D eigenvalue weighted by molar-refractivity contribution is 5.96. The van der Waals surface area contributed by atoms with Gasteiger partial charge in [-0.2, -0.15) is 0 Å². The van der Waals surface area contributed by atoms with Crippen LogP contribution >= 0.6 is 0 Å². The molecule has 2 rings (SSSR count). The van der Waals surface area contributed by atoms with Crippen LogP contribution in [0.4, 0.5) is 5.69 Å². The molecule has 1 aromatic carbocycles. The molecule has 1 aromatic rings. The number of ether oxygens (including phenoxy) is 1. The third-order valence-corrected chi connectivity index (χ3v) is 3.34. The number of carbonyl (C=O) groups is 1. The Bertz CT molecular complexity index is 420. The molecule has 1 heterocycles. The van der Waals surface area contributed by atoms with Crippen LogP contribution in [-0.4, -0.2) is 33.2 Å². The predicted molar refractivity (Wildman–Crippen MR) is 71.7 cm³/mol. The number of carbonyl (C=O) groups excluding carboxylic acids is 1. The lowest BCUT2D eigenvalue weighted by Gasteiger charge is -2.32. The summed E-state index contributed by atoms with van der Waals surface area (Å²) in [6, 6.07) is 8.20. The highest BCUT2D eigenvalue weighted by atomic mass is 16.5. The Morgan fingerprint density at radius 1 is 1.44 bits per heavy atom. The fourth-order valence-corrected chi connectivity index (χ4v) is 2.32. The summed E-state index contributed by atoms with van der Waals surface area (Å²) in [4.78, 5) is 13.7. The maximum absolute atomic E-state index is 11.9. The lowest BCUT2D eigenvalue weighted by Crippen LogP contribution is -2.38. The van der Waals surface area contributed by atoms with Gasteiger partial charge < -0.3 is 15.0 Å². The Hall–Kier alpha value is -1.39. The number of hydrogen-bond donors (Lipinski definition) is 1. The van der Waals surface area contributed by atoms with Gasteiger partial charge in [0.25, 0.3) is 0 Å². The summed E-state index contributed by atoms with van der Waals surface area (Å²) >= 11 is 0. The number of benzene rings is 1. The Labute approximate surface area is 108 Å². The molecule has 1 aliphatic heterocycles. The summed E-state index contributed by atoms with van der Waals surface area (Å²) in [5.41, 5.74) is 2.22. The monoisotopic (exact) mass is 248 g/mol. The number of para-hydroxylation sites is 1. The number of rotatable bonds is 5. The molecule has 1 N–H and O–H groups in total. The van der Waals surface area contributed by atoms with Gasteiger partial charge in [0.1, 0.15) is 0 Å². The van der Waals surface area contributed by atoms with Gasteiger partial charge in [-0.3, -0.25) is 4.79 Å². The van der Waals surface area contributed by atoms with Gasteiger partial charge in [-0.05, 0) is 24.6 Å². The van der Waals surface area contributed by atoms with Crippen molar-refractivity contribution in [1.82, 2.24) is 5.32 Å². The van der Waals surface area contributed by atoms with Crippen molar-refractivity contribution in [3.05, 3.63) is 29.8 Å². The van der Waals surface area contributed by atoms with Gasteiger partial charge in [-0.25, -0.2) is 0 Å². The molecular weight excluding hydrogens is 228 g/mol. The average Bonchev–Trinajstić information content (AvgIpc) is 2.40. The zero-order valence-corrected chi connectivity index (χ0v) is 11.0. The molecule has 98 valence electrons. The summed E-state index contributed by atoms with van der Waals surface area (Å²) in [7, 11) is 3.54. The topological polar surface area (TPSA) is 41.6 Å². The van der Waals surface area contributed by atoms with Gasteiger partial charge >= 0.3 is 0 Å². The molecule has 18 heavy (non-hydrogen) atoms. The first-order chi connectivity index (χ1) is 8.74.